The Morgan fingerprint density at radius 2 is 1.92 bits per heavy atom. The third-order valence-corrected chi connectivity index (χ3v) is 4.44. The average Bonchev–Trinajstić information content (AvgIpc) is 2.94. The van der Waals surface area contributed by atoms with Gasteiger partial charge in [0, 0.05) is 34.8 Å². The SMILES string of the molecule is Cc1[nH]c2ccccc2c1CCNCc1ccc(C(O)=CC(N)=O)cc1. The van der Waals surface area contributed by atoms with Crippen LogP contribution < -0.4 is 11.1 Å². The number of amides is 1. The topological polar surface area (TPSA) is 91.1 Å². The maximum absolute atomic E-state index is 10.8. The number of aromatic nitrogens is 1. The van der Waals surface area contributed by atoms with E-state index in [9.17, 15) is 9.90 Å². The van der Waals surface area contributed by atoms with Crippen LogP contribution in [0.3, 0.4) is 0 Å². The lowest BCUT2D eigenvalue weighted by Gasteiger charge is -2.07. The summed E-state index contributed by atoms with van der Waals surface area (Å²) in [5.41, 5.74) is 10.5. The monoisotopic (exact) mass is 349 g/mol. The minimum Gasteiger partial charge on any atom is -0.507 e. The Morgan fingerprint density at radius 3 is 2.65 bits per heavy atom. The van der Waals surface area contributed by atoms with Crippen molar-refractivity contribution in [1.82, 2.24) is 10.3 Å². The zero-order chi connectivity index (χ0) is 18.5. The van der Waals surface area contributed by atoms with Gasteiger partial charge >= 0.3 is 0 Å². The first-order valence-electron chi connectivity index (χ1n) is 8.61. The predicted octanol–water partition coefficient (Wildman–Crippen LogP) is 3.19. The molecule has 0 spiro atoms. The fourth-order valence-electron chi connectivity index (χ4n) is 3.11. The van der Waals surface area contributed by atoms with Crippen molar-refractivity contribution in [3.05, 3.63) is 77.0 Å². The van der Waals surface area contributed by atoms with Gasteiger partial charge in [0.2, 0.25) is 5.91 Å². The van der Waals surface area contributed by atoms with Crippen molar-refractivity contribution in [2.45, 2.75) is 19.9 Å². The number of aliphatic hydroxyl groups excluding tert-OH is 1. The van der Waals surface area contributed by atoms with E-state index in [-0.39, 0.29) is 5.76 Å². The van der Waals surface area contributed by atoms with Gasteiger partial charge in [-0.1, -0.05) is 42.5 Å². The molecule has 0 saturated heterocycles. The summed E-state index contributed by atoms with van der Waals surface area (Å²) >= 11 is 0. The highest BCUT2D eigenvalue weighted by atomic mass is 16.3. The van der Waals surface area contributed by atoms with Crippen molar-refractivity contribution in [3.8, 4) is 0 Å². The minimum atomic E-state index is -0.666. The molecule has 5 N–H and O–H groups in total. The van der Waals surface area contributed by atoms with E-state index in [0.29, 0.717) is 5.56 Å². The van der Waals surface area contributed by atoms with E-state index in [1.807, 2.05) is 18.2 Å². The van der Waals surface area contributed by atoms with E-state index in [1.165, 1.54) is 22.2 Å². The molecule has 0 bridgehead atoms. The molecule has 2 aromatic carbocycles. The number of aliphatic hydroxyl groups is 1. The van der Waals surface area contributed by atoms with Gasteiger partial charge in [-0.2, -0.15) is 0 Å². The lowest BCUT2D eigenvalue weighted by Crippen LogP contribution is -2.16. The Labute approximate surface area is 152 Å². The third kappa shape index (κ3) is 4.13. The molecule has 0 aliphatic heterocycles. The molecule has 3 rings (SSSR count). The Kier molecular flexibility index (Phi) is 5.39. The Bertz CT molecular complexity index is 940. The zero-order valence-corrected chi connectivity index (χ0v) is 14.8. The van der Waals surface area contributed by atoms with Crippen molar-refractivity contribution in [3.63, 3.8) is 0 Å². The van der Waals surface area contributed by atoms with Crippen LogP contribution in [-0.2, 0) is 17.8 Å². The van der Waals surface area contributed by atoms with Crippen molar-refractivity contribution >= 4 is 22.6 Å². The van der Waals surface area contributed by atoms with Crippen molar-refractivity contribution < 1.29 is 9.90 Å². The Balaban J connectivity index is 1.55. The van der Waals surface area contributed by atoms with Gasteiger partial charge in [0.05, 0.1) is 0 Å². The number of hydrogen-bond acceptors (Lipinski definition) is 3. The van der Waals surface area contributed by atoms with Crippen LogP contribution in [0.15, 0.2) is 54.6 Å². The van der Waals surface area contributed by atoms with Gasteiger partial charge in [-0.25, -0.2) is 0 Å². The smallest absolute Gasteiger partial charge is 0.245 e. The van der Waals surface area contributed by atoms with Gasteiger partial charge in [0.1, 0.15) is 5.76 Å². The van der Waals surface area contributed by atoms with Crippen LogP contribution in [0.2, 0.25) is 0 Å². The van der Waals surface area contributed by atoms with E-state index in [1.54, 1.807) is 12.1 Å². The number of aromatic amines is 1. The molecule has 134 valence electrons. The molecule has 0 unspecified atom stereocenters. The van der Waals surface area contributed by atoms with Gasteiger partial charge in [-0.15, -0.1) is 0 Å². The maximum atomic E-state index is 10.8. The molecule has 0 aliphatic rings. The molecule has 0 atom stereocenters. The van der Waals surface area contributed by atoms with Gasteiger partial charge in [0.25, 0.3) is 0 Å². The first kappa shape index (κ1) is 17.8. The van der Waals surface area contributed by atoms with E-state index < -0.39 is 5.91 Å². The second kappa shape index (κ2) is 7.89. The highest BCUT2D eigenvalue weighted by Crippen LogP contribution is 2.22. The second-order valence-electron chi connectivity index (χ2n) is 6.33. The number of para-hydroxylation sites is 1. The number of rotatable bonds is 7. The van der Waals surface area contributed by atoms with Crippen molar-refractivity contribution in [1.29, 1.82) is 0 Å². The molecule has 5 heteroatoms. The third-order valence-electron chi connectivity index (χ3n) is 4.44. The standard InChI is InChI=1S/C21H23N3O2/c1-14-17(18-4-2-3-5-19(18)24-14)10-11-23-13-15-6-8-16(9-7-15)20(25)12-21(22)26/h2-9,12,23-25H,10-11,13H2,1H3,(H2,22,26). The predicted molar refractivity (Wildman–Crippen MR) is 105 cm³/mol. The van der Waals surface area contributed by atoms with E-state index in [4.69, 9.17) is 5.73 Å². The molecule has 26 heavy (non-hydrogen) atoms. The molecular formula is C21H23N3O2. The Morgan fingerprint density at radius 1 is 1.19 bits per heavy atom. The van der Waals surface area contributed by atoms with Gasteiger partial charge in [0.15, 0.2) is 0 Å². The molecule has 3 aromatic rings. The summed E-state index contributed by atoms with van der Waals surface area (Å²) in [5.74, 6) is -0.785. The van der Waals surface area contributed by atoms with Crippen LogP contribution in [0.1, 0.15) is 22.4 Å². The summed E-state index contributed by atoms with van der Waals surface area (Å²) in [6.07, 6.45) is 1.97. The number of carbonyl (C=O) groups is 1. The number of carbonyl (C=O) groups excluding carboxylic acids is 1. The lowest BCUT2D eigenvalue weighted by molar-refractivity contribution is -0.113. The maximum Gasteiger partial charge on any atom is 0.245 e. The summed E-state index contributed by atoms with van der Waals surface area (Å²) in [6.45, 7) is 3.72. The quantitative estimate of drug-likeness (QED) is 0.300. The van der Waals surface area contributed by atoms with Crippen LogP contribution in [0, 0.1) is 6.92 Å². The highest BCUT2D eigenvalue weighted by molar-refractivity contribution is 5.92. The summed E-state index contributed by atoms with van der Waals surface area (Å²) in [7, 11) is 0. The van der Waals surface area contributed by atoms with Gasteiger partial charge in [-0.3, -0.25) is 4.79 Å². The number of nitrogens with one attached hydrogen (secondary N) is 2. The number of benzene rings is 2. The molecule has 1 aromatic heterocycles. The fourth-order valence-corrected chi connectivity index (χ4v) is 3.11. The van der Waals surface area contributed by atoms with Crippen LogP contribution in [0.5, 0.6) is 0 Å². The molecule has 1 heterocycles. The van der Waals surface area contributed by atoms with Gasteiger partial charge < -0.3 is 21.1 Å². The highest BCUT2D eigenvalue weighted by Gasteiger charge is 2.07. The van der Waals surface area contributed by atoms with E-state index in [2.05, 4.69) is 35.4 Å². The summed E-state index contributed by atoms with van der Waals surface area (Å²) < 4.78 is 0. The number of primary amides is 1. The number of nitrogens with two attached hydrogens (primary N) is 1. The zero-order valence-electron chi connectivity index (χ0n) is 14.8. The molecule has 1 amide bonds. The minimum absolute atomic E-state index is 0.119. The first-order chi connectivity index (χ1) is 12.5. The average molecular weight is 349 g/mol. The second-order valence-corrected chi connectivity index (χ2v) is 6.33. The number of fused-ring (bicyclic) bond motifs is 1. The fraction of sp³-hybridized carbons (Fsp3) is 0.190. The molecule has 5 nitrogen and oxygen atoms in total. The summed E-state index contributed by atoms with van der Waals surface area (Å²) in [6, 6.07) is 15.7. The number of aryl methyl sites for hydroxylation is 1. The Hall–Kier alpha value is -3.05. The summed E-state index contributed by atoms with van der Waals surface area (Å²) in [5, 5.41) is 14.5. The molecular weight excluding hydrogens is 326 g/mol. The van der Waals surface area contributed by atoms with E-state index in [0.717, 1.165) is 31.1 Å². The number of H-pyrrole nitrogens is 1. The van der Waals surface area contributed by atoms with Crippen LogP contribution >= 0.6 is 0 Å². The van der Waals surface area contributed by atoms with Gasteiger partial charge in [-0.05, 0) is 37.1 Å². The van der Waals surface area contributed by atoms with Crippen molar-refractivity contribution in [2.24, 2.45) is 5.73 Å². The lowest BCUT2D eigenvalue weighted by atomic mass is 10.1. The summed E-state index contributed by atoms with van der Waals surface area (Å²) in [4.78, 5) is 14.2. The molecule has 0 saturated carbocycles. The number of hydrogen-bond donors (Lipinski definition) is 4. The molecule has 0 radical (unpaired) electrons. The van der Waals surface area contributed by atoms with E-state index >= 15 is 0 Å². The normalized spacial score (nSPS) is 11.8. The largest absolute Gasteiger partial charge is 0.507 e. The first-order valence-corrected chi connectivity index (χ1v) is 8.61. The van der Waals surface area contributed by atoms with Crippen LogP contribution in [0.25, 0.3) is 16.7 Å². The van der Waals surface area contributed by atoms with Crippen molar-refractivity contribution in [2.75, 3.05) is 6.54 Å². The van der Waals surface area contributed by atoms with Crippen LogP contribution in [0.4, 0.5) is 0 Å². The van der Waals surface area contributed by atoms with Crippen LogP contribution in [-0.4, -0.2) is 22.5 Å². The molecule has 0 aliphatic carbocycles. The molecule has 0 fully saturated rings.